The summed E-state index contributed by atoms with van der Waals surface area (Å²) in [5.41, 5.74) is 3.75. The minimum Gasteiger partial charge on any atom is -0.384 e. The first kappa shape index (κ1) is 15.2. The topological polar surface area (TPSA) is 40.5 Å². The van der Waals surface area contributed by atoms with Gasteiger partial charge in [0.25, 0.3) is 0 Å². The molecule has 1 N–H and O–H groups in total. The van der Waals surface area contributed by atoms with Crippen LogP contribution in [-0.4, -0.2) is 18.1 Å². The molecule has 1 unspecified atom stereocenters. The normalized spacial score (nSPS) is 16.0. The second-order valence-electron chi connectivity index (χ2n) is 5.02. The molecule has 1 aliphatic heterocycles. The minimum absolute atomic E-state index is 0.139. The molecule has 0 aliphatic carbocycles. The monoisotopic (exact) mass is 429 g/mol. The molecule has 0 spiro atoms. The van der Waals surface area contributed by atoms with E-state index in [0.29, 0.717) is 6.42 Å². The molecule has 0 radical (unpaired) electrons. The number of thiophene rings is 1. The number of fused-ring (bicyclic) bond motifs is 1. The molecule has 21 heavy (non-hydrogen) atoms. The van der Waals surface area contributed by atoms with Crippen molar-refractivity contribution in [3.8, 4) is 0 Å². The lowest BCUT2D eigenvalue weighted by atomic mass is 9.95. The predicted octanol–water partition coefficient (Wildman–Crippen LogP) is 4.26. The maximum atomic E-state index is 11.7. The van der Waals surface area contributed by atoms with Crippen molar-refractivity contribution < 1.29 is 9.90 Å². The van der Waals surface area contributed by atoms with Crippen LogP contribution in [0.1, 0.15) is 29.2 Å². The number of rotatable bonds is 2. The van der Waals surface area contributed by atoms with Crippen LogP contribution in [0.5, 0.6) is 0 Å². The molecule has 2 aromatic rings. The summed E-state index contributed by atoms with van der Waals surface area (Å²) in [5, 5.41) is 10.6. The molecule has 1 aromatic carbocycles. The maximum absolute atomic E-state index is 11.7. The molecule has 1 amide bonds. The fourth-order valence-electron chi connectivity index (χ4n) is 2.57. The van der Waals surface area contributed by atoms with Crippen molar-refractivity contribution in [2.75, 3.05) is 11.9 Å². The molecule has 2 heterocycles. The molecular formula is C15H13Br2NO2S. The Labute approximate surface area is 143 Å². The van der Waals surface area contributed by atoms with Gasteiger partial charge >= 0.3 is 0 Å². The van der Waals surface area contributed by atoms with Crippen LogP contribution in [0.3, 0.4) is 0 Å². The number of aliphatic hydroxyl groups is 1. The largest absolute Gasteiger partial charge is 0.384 e. The summed E-state index contributed by atoms with van der Waals surface area (Å²) < 4.78 is 1.90. The summed E-state index contributed by atoms with van der Waals surface area (Å²) in [6.07, 6.45) is 0.583. The number of halogens is 2. The Kier molecular flexibility index (Phi) is 4.23. The van der Waals surface area contributed by atoms with Crippen molar-refractivity contribution in [1.29, 1.82) is 0 Å². The molecular weight excluding hydrogens is 418 g/mol. The van der Waals surface area contributed by atoms with E-state index in [1.165, 1.54) is 0 Å². The van der Waals surface area contributed by atoms with E-state index >= 15 is 0 Å². The summed E-state index contributed by atoms with van der Waals surface area (Å²) in [4.78, 5) is 13.4. The van der Waals surface area contributed by atoms with Gasteiger partial charge in [-0.1, -0.05) is 12.1 Å². The second kappa shape index (κ2) is 5.83. The first-order chi connectivity index (χ1) is 9.97. The third-order valence-corrected chi connectivity index (χ3v) is 6.13. The molecule has 0 fully saturated rings. The van der Waals surface area contributed by atoms with E-state index in [2.05, 4.69) is 31.9 Å². The molecule has 110 valence electrons. The van der Waals surface area contributed by atoms with Gasteiger partial charge in [-0.25, -0.2) is 0 Å². The van der Waals surface area contributed by atoms with Gasteiger partial charge < -0.3 is 10.0 Å². The molecule has 1 aromatic heterocycles. The molecule has 0 saturated carbocycles. The average molecular weight is 431 g/mol. The highest BCUT2D eigenvalue weighted by Gasteiger charge is 2.23. The summed E-state index contributed by atoms with van der Waals surface area (Å²) in [6.45, 7) is 0. The van der Waals surface area contributed by atoms with Gasteiger partial charge in [0, 0.05) is 24.7 Å². The zero-order valence-electron chi connectivity index (χ0n) is 11.3. The number of carbonyl (C=O) groups is 1. The lowest BCUT2D eigenvalue weighted by Crippen LogP contribution is -2.31. The van der Waals surface area contributed by atoms with Crippen LogP contribution in [-0.2, 0) is 11.2 Å². The summed E-state index contributed by atoms with van der Waals surface area (Å²) in [6, 6.07) is 7.73. The molecule has 1 atom stereocenters. The number of anilines is 1. The smallest absolute Gasteiger partial charge is 0.227 e. The highest BCUT2D eigenvalue weighted by atomic mass is 79.9. The van der Waals surface area contributed by atoms with E-state index in [1.54, 1.807) is 23.3 Å². The number of aliphatic hydroxyl groups excluding tert-OH is 1. The third kappa shape index (κ3) is 2.82. The first-order valence-corrected chi connectivity index (χ1v) is 8.90. The van der Waals surface area contributed by atoms with Crippen LogP contribution in [0.4, 0.5) is 5.69 Å². The van der Waals surface area contributed by atoms with E-state index < -0.39 is 6.10 Å². The highest BCUT2D eigenvalue weighted by Crippen LogP contribution is 2.39. The standard InChI is InChI=1S/C15H13Br2NO2S/c1-18-11-4-2-9(6-8(11)3-5-13(18)19)14(20)10-7-12(16)21-15(10)17/h2,4,6-7,14,20H,3,5H2,1H3. The maximum Gasteiger partial charge on any atom is 0.227 e. The van der Waals surface area contributed by atoms with E-state index in [1.807, 2.05) is 24.3 Å². The zero-order chi connectivity index (χ0) is 15.1. The SMILES string of the molecule is CN1C(=O)CCc2cc(C(O)c3cc(Br)sc3Br)ccc21. The quantitative estimate of drug-likeness (QED) is 0.772. The number of amides is 1. The third-order valence-electron chi connectivity index (χ3n) is 3.74. The van der Waals surface area contributed by atoms with Gasteiger partial charge in [-0.3, -0.25) is 4.79 Å². The highest BCUT2D eigenvalue weighted by molar-refractivity contribution is 9.12. The van der Waals surface area contributed by atoms with Crippen molar-refractivity contribution in [3.05, 3.63) is 48.5 Å². The summed E-state index contributed by atoms with van der Waals surface area (Å²) in [5.74, 6) is 0.139. The van der Waals surface area contributed by atoms with Crippen LogP contribution in [0.15, 0.2) is 31.8 Å². The van der Waals surface area contributed by atoms with E-state index in [9.17, 15) is 9.90 Å². The van der Waals surface area contributed by atoms with Gasteiger partial charge in [-0.2, -0.15) is 0 Å². The number of carbonyl (C=O) groups excluding carboxylic acids is 1. The van der Waals surface area contributed by atoms with E-state index in [0.717, 1.165) is 36.4 Å². The van der Waals surface area contributed by atoms with Crippen molar-refractivity contribution in [3.63, 3.8) is 0 Å². The Bertz CT molecular complexity index is 714. The van der Waals surface area contributed by atoms with Crippen LogP contribution in [0.2, 0.25) is 0 Å². The number of aryl methyl sites for hydroxylation is 1. The molecule has 1 aliphatic rings. The Morgan fingerprint density at radius 1 is 1.29 bits per heavy atom. The summed E-state index contributed by atoms with van der Waals surface area (Å²) in [7, 11) is 1.79. The predicted molar refractivity (Wildman–Crippen MR) is 92.0 cm³/mol. The van der Waals surface area contributed by atoms with Gasteiger partial charge in [0.1, 0.15) is 6.10 Å². The second-order valence-corrected chi connectivity index (χ2v) is 8.77. The fourth-order valence-corrected chi connectivity index (χ4v) is 5.45. The molecule has 3 rings (SSSR count). The molecule has 0 bridgehead atoms. The Morgan fingerprint density at radius 2 is 2.05 bits per heavy atom. The number of hydrogen-bond donors (Lipinski definition) is 1. The Morgan fingerprint density at radius 3 is 2.71 bits per heavy atom. The summed E-state index contributed by atoms with van der Waals surface area (Å²) >= 11 is 8.46. The Balaban J connectivity index is 1.97. The minimum atomic E-state index is -0.671. The molecule has 3 nitrogen and oxygen atoms in total. The fraction of sp³-hybridized carbons (Fsp3) is 0.267. The van der Waals surface area contributed by atoms with Gasteiger partial charge in [0.2, 0.25) is 5.91 Å². The van der Waals surface area contributed by atoms with Crippen molar-refractivity contribution >= 4 is 54.8 Å². The van der Waals surface area contributed by atoms with E-state index in [-0.39, 0.29) is 5.91 Å². The van der Waals surface area contributed by atoms with Crippen LogP contribution >= 0.6 is 43.2 Å². The number of nitrogens with zero attached hydrogens (tertiary/aromatic N) is 1. The van der Waals surface area contributed by atoms with Gasteiger partial charge in [-0.15, -0.1) is 11.3 Å². The number of hydrogen-bond acceptors (Lipinski definition) is 3. The van der Waals surface area contributed by atoms with Crippen molar-refractivity contribution in [2.24, 2.45) is 0 Å². The van der Waals surface area contributed by atoms with E-state index in [4.69, 9.17) is 0 Å². The van der Waals surface area contributed by atoms with Crippen molar-refractivity contribution in [2.45, 2.75) is 18.9 Å². The van der Waals surface area contributed by atoms with Crippen molar-refractivity contribution in [1.82, 2.24) is 0 Å². The first-order valence-electron chi connectivity index (χ1n) is 6.49. The molecule has 6 heteroatoms. The van der Waals surface area contributed by atoms with Gasteiger partial charge in [0.05, 0.1) is 7.57 Å². The lowest BCUT2D eigenvalue weighted by molar-refractivity contribution is -0.118. The zero-order valence-corrected chi connectivity index (χ0v) is 15.3. The number of benzene rings is 1. The molecule has 0 saturated heterocycles. The van der Waals surface area contributed by atoms with Gasteiger partial charge in [0.15, 0.2) is 0 Å². The average Bonchev–Trinajstić information content (AvgIpc) is 2.80. The van der Waals surface area contributed by atoms with Crippen LogP contribution < -0.4 is 4.90 Å². The van der Waals surface area contributed by atoms with Crippen LogP contribution in [0.25, 0.3) is 0 Å². The Hall–Kier alpha value is -0.690. The van der Waals surface area contributed by atoms with Gasteiger partial charge in [-0.05, 0) is 61.5 Å². The van der Waals surface area contributed by atoms with Crippen LogP contribution in [0, 0.1) is 0 Å². The lowest BCUT2D eigenvalue weighted by Gasteiger charge is -2.26.